The van der Waals surface area contributed by atoms with E-state index in [1.807, 2.05) is 5.32 Å². The third kappa shape index (κ3) is 1.12. The maximum atomic E-state index is 12.1. The average molecular weight is 280 g/mol. The van der Waals surface area contributed by atoms with Crippen molar-refractivity contribution in [2.75, 3.05) is 0 Å². The molecule has 0 aromatic carbocycles. The van der Waals surface area contributed by atoms with Crippen LogP contribution in [-0.2, 0) is 19.2 Å². The first-order chi connectivity index (χ1) is 9.41. The summed E-state index contributed by atoms with van der Waals surface area (Å²) in [6.45, 7) is 0. The van der Waals surface area contributed by atoms with Crippen LogP contribution < -0.4 is 11.1 Å². The first-order valence-electron chi connectivity index (χ1n) is 6.81. The molecule has 3 fully saturated rings. The molecule has 0 radical (unpaired) electrons. The smallest absolute Gasteiger partial charge is 0.321 e. The zero-order valence-electron chi connectivity index (χ0n) is 10.8. The summed E-state index contributed by atoms with van der Waals surface area (Å²) in [5.41, 5.74) is 1.48. The number of imide groups is 1. The maximum absolute atomic E-state index is 12.1. The molecule has 0 aromatic heterocycles. The number of carbonyl (C=O) groups excluding carboxylic acids is 3. The third-order valence-electron chi connectivity index (χ3n) is 5.26. The fourth-order valence-electron chi connectivity index (χ4n) is 4.48. The molecule has 0 aromatic rings. The van der Waals surface area contributed by atoms with Crippen LogP contribution in [-0.4, -0.2) is 28.8 Å². The van der Waals surface area contributed by atoms with E-state index in [0.717, 1.165) is 32.1 Å². The average Bonchev–Trinajstić information content (AvgIpc) is 2.99. The van der Waals surface area contributed by atoms with Gasteiger partial charge in [0.25, 0.3) is 0 Å². The van der Waals surface area contributed by atoms with E-state index in [1.54, 1.807) is 0 Å². The van der Waals surface area contributed by atoms with Crippen molar-refractivity contribution in [3.8, 4) is 0 Å². The number of aliphatic carboxylic acids is 1. The zero-order valence-corrected chi connectivity index (χ0v) is 10.8. The van der Waals surface area contributed by atoms with Crippen LogP contribution in [0.25, 0.3) is 0 Å². The molecule has 0 unspecified atom stereocenters. The van der Waals surface area contributed by atoms with E-state index >= 15 is 0 Å². The molecule has 3 amide bonds. The minimum absolute atomic E-state index is 0.109. The number of piperidine rings is 1. The van der Waals surface area contributed by atoms with Gasteiger partial charge in [-0.25, -0.2) is 0 Å². The van der Waals surface area contributed by atoms with E-state index in [4.69, 9.17) is 5.73 Å². The largest absolute Gasteiger partial charge is 0.480 e. The van der Waals surface area contributed by atoms with Gasteiger partial charge in [0.05, 0.1) is 0 Å². The molecule has 4 N–H and O–H groups in total. The lowest BCUT2D eigenvalue weighted by Crippen LogP contribution is -2.40. The van der Waals surface area contributed by atoms with Crippen LogP contribution in [0, 0.1) is 22.7 Å². The van der Waals surface area contributed by atoms with Gasteiger partial charge in [-0.05, 0) is 5.92 Å². The summed E-state index contributed by atoms with van der Waals surface area (Å²) in [6.07, 6.45) is 4.35. The predicted octanol–water partition coefficient (Wildman–Crippen LogP) is -0.604. The van der Waals surface area contributed by atoms with Crippen molar-refractivity contribution in [1.82, 2.24) is 5.32 Å². The Hall–Kier alpha value is -1.92. The van der Waals surface area contributed by atoms with Crippen molar-refractivity contribution < 1.29 is 24.3 Å². The van der Waals surface area contributed by atoms with Crippen molar-refractivity contribution in [2.24, 2.45) is 28.4 Å². The topological polar surface area (TPSA) is 127 Å². The van der Waals surface area contributed by atoms with Crippen LogP contribution >= 0.6 is 0 Å². The second-order valence-corrected chi connectivity index (χ2v) is 5.94. The SMILES string of the molecule is NC(=O)[C@]12C(=O)NC(=O)[C@]1(C(=O)O)[C@@H]2C1CCCCC1. The number of primary amides is 1. The summed E-state index contributed by atoms with van der Waals surface area (Å²) in [5, 5.41) is 11.5. The molecule has 108 valence electrons. The first-order valence-corrected chi connectivity index (χ1v) is 6.81. The lowest BCUT2D eigenvalue weighted by molar-refractivity contribution is -0.151. The monoisotopic (exact) mass is 280 g/mol. The summed E-state index contributed by atoms with van der Waals surface area (Å²) in [5.74, 6) is -5.04. The van der Waals surface area contributed by atoms with Crippen LogP contribution in [0.1, 0.15) is 32.1 Å². The van der Waals surface area contributed by atoms with Gasteiger partial charge < -0.3 is 10.8 Å². The van der Waals surface area contributed by atoms with Crippen LogP contribution in [0.4, 0.5) is 0 Å². The molecule has 3 atom stereocenters. The Morgan fingerprint density at radius 2 is 1.65 bits per heavy atom. The molecule has 0 spiro atoms. The number of fused-ring (bicyclic) bond motifs is 1. The second kappa shape index (κ2) is 3.80. The van der Waals surface area contributed by atoms with E-state index in [-0.39, 0.29) is 5.92 Å². The molecule has 1 saturated heterocycles. The number of carbonyl (C=O) groups is 4. The van der Waals surface area contributed by atoms with E-state index in [2.05, 4.69) is 0 Å². The lowest BCUT2D eigenvalue weighted by atomic mass is 9.81. The zero-order chi connectivity index (χ0) is 14.7. The van der Waals surface area contributed by atoms with Gasteiger partial charge in [0, 0.05) is 5.92 Å². The molecule has 20 heavy (non-hydrogen) atoms. The highest BCUT2D eigenvalue weighted by atomic mass is 16.4. The van der Waals surface area contributed by atoms with Crippen LogP contribution in [0.15, 0.2) is 0 Å². The minimum Gasteiger partial charge on any atom is -0.480 e. The van der Waals surface area contributed by atoms with Gasteiger partial charge in [0.1, 0.15) is 0 Å². The van der Waals surface area contributed by atoms with Gasteiger partial charge in [-0.3, -0.25) is 24.5 Å². The molecule has 3 rings (SSSR count). The quantitative estimate of drug-likeness (QED) is 0.470. The predicted molar refractivity (Wildman–Crippen MR) is 64.9 cm³/mol. The number of nitrogens with two attached hydrogens (primary N) is 1. The van der Waals surface area contributed by atoms with Crippen molar-refractivity contribution >= 4 is 23.7 Å². The summed E-state index contributed by atoms with van der Waals surface area (Å²) in [7, 11) is 0. The minimum atomic E-state index is -1.97. The summed E-state index contributed by atoms with van der Waals surface area (Å²) < 4.78 is 0. The normalized spacial score (nSPS) is 40.1. The Bertz CT molecular complexity index is 501. The maximum Gasteiger partial charge on any atom is 0.321 e. The Morgan fingerprint density at radius 3 is 2.10 bits per heavy atom. The summed E-state index contributed by atoms with van der Waals surface area (Å²) >= 11 is 0. The number of hydrogen-bond acceptors (Lipinski definition) is 4. The standard InChI is InChI=1S/C13H16N2O5/c14-8(16)12-7(6-4-2-1-3-5-6)13(12,11(19)20)10(18)15-9(12)17/h6-7H,1-5H2,(H2,14,16)(H,19,20)(H,15,17,18)/t7-,12-,13+/m1/s1. The molecule has 7 nitrogen and oxygen atoms in total. The van der Waals surface area contributed by atoms with Crippen LogP contribution in [0.2, 0.25) is 0 Å². The van der Waals surface area contributed by atoms with Crippen LogP contribution in [0.5, 0.6) is 0 Å². The highest BCUT2D eigenvalue weighted by molar-refractivity contribution is 6.32. The first kappa shape index (κ1) is 13.1. The number of carboxylic acids is 1. The van der Waals surface area contributed by atoms with Crippen molar-refractivity contribution in [3.63, 3.8) is 0 Å². The van der Waals surface area contributed by atoms with Gasteiger partial charge in [-0.1, -0.05) is 32.1 Å². The molecule has 1 heterocycles. The van der Waals surface area contributed by atoms with E-state index in [0.29, 0.717) is 0 Å². The Balaban J connectivity index is 2.10. The molecular weight excluding hydrogens is 264 g/mol. The van der Waals surface area contributed by atoms with Gasteiger partial charge in [-0.15, -0.1) is 0 Å². The fourth-order valence-corrected chi connectivity index (χ4v) is 4.48. The van der Waals surface area contributed by atoms with Gasteiger partial charge in [-0.2, -0.15) is 0 Å². The highest BCUT2D eigenvalue weighted by Gasteiger charge is 2.95. The molecule has 2 saturated carbocycles. The van der Waals surface area contributed by atoms with Gasteiger partial charge >= 0.3 is 5.97 Å². The second-order valence-electron chi connectivity index (χ2n) is 5.94. The summed E-state index contributed by atoms with van der Waals surface area (Å²) in [4.78, 5) is 47.6. The Labute approximate surface area is 114 Å². The molecule has 2 aliphatic carbocycles. The molecule has 3 aliphatic rings. The highest BCUT2D eigenvalue weighted by Crippen LogP contribution is 2.75. The number of nitrogens with one attached hydrogen (secondary N) is 1. The molecule has 7 heteroatoms. The van der Waals surface area contributed by atoms with E-state index < -0.39 is 40.4 Å². The molecule has 0 bridgehead atoms. The van der Waals surface area contributed by atoms with Gasteiger partial charge in [0.2, 0.25) is 17.7 Å². The van der Waals surface area contributed by atoms with E-state index in [9.17, 15) is 24.3 Å². The number of hydrogen-bond donors (Lipinski definition) is 3. The van der Waals surface area contributed by atoms with Crippen molar-refractivity contribution in [3.05, 3.63) is 0 Å². The molecule has 1 aliphatic heterocycles. The van der Waals surface area contributed by atoms with E-state index in [1.165, 1.54) is 0 Å². The number of amides is 3. The van der Waals surface area contributed by atoms with Crippen molar-refractivity contribution in [1.29, 1.82) is 0 Å². The summed E-state index contributed by atoms with van der Waals surface area (Å²) in [6, 6.07) is 0. The lowest BCUT2D eigenvalue weighted by Gasteiger charge is -2.24. The Kier molecular flexibility index (Phi) is 2.49. The third-order valence-corrected chi connectivity index (χ3v) is 5.26. The number of carboxylic acid groups (broad SMARTS) is 1. The fraction of sp³-hybridized carbons (Fsp3) is 0.692. The van der Waals surface area contributed by atoms with Crippen LogP contribution in [0.3, 0.4) is 0 Å². The molecular formula is C13H16N2O5. The Morgan fingerprint density at radius 1 is 1.10 bits per heavy atom. The number of rotatable bonds is 3. The van der Waals surface area contributed by atoms with Gasteiger partial charge in [0.15, 0.2) is 10.8 Å². The van der Waals surface area contributed by atoms with Crippen molar-refractivity contribution in [2.45, 2.75) is 32.1 Å².